The summed E-state index contributed by atoms with van der Waals surface area (Å²) < 4.78 is 0. The first-order valence-corrected chi connectivity index (χ1v) is 8.04. The standard InChI is InChI=1S/C17H27N3O2/c1-12(2)19(4)16-8-7-14(10-18-16)11-20-9-5-6-15(13(20)3)17(21)22/h7-8,10,12-13,15H,5-6,9,11H2,1-4H3,(H,21,22)/t13-,15-/m0/s1. The van der Waals surface area contributed by atoms with Crippen LogP contribution in [0.4, 0.5) is 5.82 Å². The fourth-order valence-electron chi connectivity index (χ4n) is 2.98. The van der Waals surface area contributed by atoms with E-state index in [-0.39, 0.29) is 12.0 Å². The Morgan fingerprint density at radius 1 is 1.50 bits per heavy atom. The van der Waals surface area contributed by atoms with Crippen LogP contribution in [-0.4, -0.2) is 46.6 Å². The minimum Gasteiger partial charge on any atom is -0.481 e. The molecule has 2 rings (SSSR count). The molecule has 0 aliphatic carbocycles. The minimum atomic E-state index is -0.677. The van der Waals surface area contributed by atoms with E-state index in [1.165, 1.54) is 0 Å². The van der Waals surface area contributed by atoms with Gasteiger partial charge >= 0.3 is 5.97 Å². The van der Waals surface area contributed by atoms with Gasteiger partial charge in [0, 0.05) is 31.9 Å². The van der Waals surface area contributed by atoms with E-state index in [2.05, 4.69) is 34.7 Å². The second-order valence-corrected chi connectivity index (χ2v) is 6.53. The first-order chi connectivity index (χ1) is 10.4. The van der Waals surface area contributed by atoms with Gasteiger partial charge < -0.3 is 10.0 Å². The Hall–Kier alpha value is -1.62. The van der Waals surface area contributed by atoms with Gasteiger partial charge in [-0.1, -0.05) is 6.07 Å². The summed E-state index contributed by atoms with van der Waals surface area (Å²) in [5, 5.41) is 9.30. The van der Waals surface area contributed by atoms with Crippen LogP contribution in [0.15, 0.2) is 18.3 Å². The topological polar surface area (TPSA) is 56.7 Å². The zero-order valence-electron chi connectivity index (χ0n) is 14.0. The molecule has 1 aliphatic rings. The van der Waals surface area contributed by atoms with E-state index >= 15 is 0 Å². The van der Waals surface area contributed by atoms with Crippen LogP contribution in [0.3, 0.4) is 0 Å². The van der Waals surface area contributed by atoms with Crippen molar-refractivity contribution in [3.8, 4) is 0 Å². The van der Waals surface area contributed by atoms with Crippen LogP contribution in [0.25, 0.3) is 0 Å². The lowest BCUT2D eigenvalue weighted by Gasteiger charge is -2.37. The summed E-state index contributed by atoms with van der Waals surface area (Å²) in [6.45, 7) is 8.02. The number of carboxylic acids is 1. The number of carbonyl (C=O) groups is 1. The summed E-state index contributed by atoms with van der Waals surface area (Å²) in [5.74, 6) is 0.0335. The van der Waals surface area contributed by atoms with Crippen molar-refractivity contribution in [1.29, 1.82) is 0 Å². The number of rotatable bonds is 5. The highest BCUT2D eigenvalue weighted by atomic mass is 16.4. The molecule has 5 heteroatoms. The van der Waals surface area contributed by atoms with E-state index in [0.717, 1.165) is 37.3 Å². The molecule has 0 aromatic carbocycles. The second-order valence-electron chi connectivity index (χ2n) is 6.53. The summed E-state index contributed by atoms with van der Waals surface area (Å²) in [4.78, 5) is 20.2. The number of pyridine rings is 1. The normalized spacial score (nSPS) is 22.8. The molecule has 122 valence electrons. The zero-order valence-corrected chi connectivity index (χ0v) is 14.0. The van der Waals surface area contributed by atoms with Crippen molar-refractivity contribution < 1.29 is 9.90 Å². The predicted octanol–water partition coefficient (Wildman–Crippen LogP) is 2.61. The van der Waals surface area contributed by atoms with E-state index in [1.807, 2.05) is 26.2 Å². The Balaban J connectivity index is 2.02. The Morgan fingerprint density at radius 3 is 2.77 bits per heavy atom. The van der Waals surface area contributed by atoms with Gasteiger partial charge in [-0.25, -0.2) is 4.98 Å². The number of nitrogens with zero attached hydrogens (tertiary/aromatic N) is 3. The maximum atomic E-state index is 11.3. The second kappa shape index (κ2) is 7.09. The van der Waals surface area contributed by atoms with Gasteiger partial charge in [0.2, 0.25) is 0 Å². The maximum Gasteiger partial charge on any atom is 0.308 e. The molecular formula is C17H27N3O2. The summed E-state index contributed by atoms with van der Waals surface area (Å²) in [5.41, 5.74) is 1.14. The first kappa shape index (κ1) is 16.7. The van der Waals surface area contributed by atoms with Crippen molar-refractivity contribution in [2.45, 2.75) is 52.2 Å². The fourth-order valence-corrected chi connectivity index (χ4v) is 2.98. The Bertz CT molecular complexity index is 501. The van der Waals surface area contributed by atoms with Gasteiger partial charge in [0.1, 0.15) is 5.82 Å². The number of hydrogen-bond acceptors (Lipinski definition) is 4. The third-order valence-corrected chi connectivity index (χ3v) is 4.77. The molecule has 1 saturated heterocycles. The van der Waals surface area contributed by atoms with Crippen LogP contribution in [0.2, 0.25) is 0 Å². The molecule has 0 spiro atoms. The van der Waals surface area contributed by atoms with Gasteiger partial charge in [-0.3, -0.25) is 9.69 Å². The third kappa shape index (κ3) is 3.77. The molecular weight excluding hydrogens is 278 g/mol. The minimum absolute atomic E-state index is 0.0734. The molecule has 0 saturated carbocycles. The Morgan fingerprint density at radius 2 is 2.23 bits per heavy atom. The molecule has 1 N–H and O–H groups in total. The van der Waals surface area contributed by atoms with Crippen LogP contribution in [0.1, 0.15) is 39.2 Å². The average Bonchev–Trinajstić information content (AvgIpc) is 2.49. The highest BCUT2D eigenvalue weighted by molar-refractivity contribution is 5.71. The van der Waals surface area contributed by atoms with E-state index in [4.69, 9.17) is 0 Å². The lowest BCUT2D eigenvalue weighted by atomic mass is 9.90. The molecule has 0 unspecified atom stereocenters. The monoisotopic (exact) mass is 305 g/mol. The van der Waals surface area contributed by atoms with Crippen LogP contribution in [0, 0.1) is 5.92 Å². The molecule has 0 bridgehead atoms. The van der Waals surface area contributed by atoms with E-state index < -0.39 is 5.97 Å². The number of hydrogen-bond donors (Lipinski definition) is 1. The molecule has 1 aromatic rings. The number of likely N-dealkylation sites (tertiary alicyclic amines) is 1. The largest absolute Gasteiger partial charge is 0.481 e. The maximum absolute atomic E-state index is 11.3. The summed E-state index contributed by atoms with van der Waals surface area (Å²) >= 11 is 0. The average molecular weight is 305 g/mol. The summed E-state index contributed by atoms with van der Waals surface area (Å²) in [6, 6.07) is 4.62. The smallest absolute Gasteiger partial charge is 0.308 e. The molecule has 2 heterocycles. The van der Waals surface area contributed by atoms with Gasteiger partial charge in [-0.15, -0.1) is 0 Å². The van der Waals surface area contributed by atoms with Crippen molar-refractivity contribution in [3.05, 3.63) is 23.9 Å². The number of piperidine rings is 1. The van der Waals surface area contributed by atoms with Gasteiger partial charge in [0.25, 0.3) is 0 Å². The Kier molecular flexibility index (Phi) is 5.40. The molecule has 1 fully saturated rings. The predicted molar refractivity (Wildman–Crippen MR) is 88.0 cm³/mol. The van der Waals surface area contributed by atoms with Crippen molar-refractivity contribution in [2.75, 3.05) is 18.5 Å². The lowest BCUT2D eigenvalue weighted by molar-refractivity contribution is -0.145. The van der Waals surface area contributed by atoms with Crippen molar-refractivity contribution in [1.82, 2.24) is 9.88 Å². The molecule has 1 aliphatic heterocycles. The number of carboxylic acid groups (broad SMARTS) is 1. The molecule has 0 radical (unpaired) electrons. The van der Waals surface area contributed by atoms with Crippen LogP contribution in [0.5, 0.6) is 0 Å². The molecule has 2 atom stereocenters. The summed E-state index contributed by atoms with van der Waals surface area (Å²) in [7, 11) is 2.04. The SMILES string of the molecule is CC(C)N(C)c1ccc(CN2CCC[C@H](C(=O)O)[C@@H]2C)cn1. The van der Waals surface area contributed by atoms with E-state index in [1.54, 1.807) is 0 Å². The first-order valence-electron chi connectivity index (χ1n) is 8.04. The van der Waals surface area contributed by atoms with Gasteiger partial charge in [0.15, 0.2) is 0 Å². The van der Waals surface area contributed by atoms with Crippen molar-refractivity contribution >= 4 is 11.8 Å². The lowest BCUT2D eigenvalue weighted by Crippen LogP contribution is -2.45. The van der Waals surface area contributed by atoms with Crippen molar-refractivity contribution in [3.63, 3.8) is 0 Å². The van der Waals surface area contributed by atoms with E-state index in [0.29, 0.717) is 6.04 Å². The van der Waals surface area contributed by atoms with Crippen LogP contribution < -0.4 is 4.90 Å². The van der Waals surface area contributed by atoms with Gasteiger partial charge in [-0.2, -0.15) is 0 Å². The van der Waals surface area contributed by atoms with Crippen LogP contribution >= 0.6 is 0 Å². The molecule has 1 aromatic heterocycles. The number of aromatic nitrogens is 1. The molecule has 0 amide bonds. The molecule has 22 heavy (non-hydrogen) atoms. The zero-order chi connectivity index (χ0) is 16.3. The fraction of sp³-hybridized carbons (Fsp3) is 0.647. The van der Waals surface area contributed by atoms with Crippen LogP contribution in [-0.2, 0) is 11.3 Å². The Labute approximate surface area is 132 Å². The number of aliphatic carboxylic acids is 1. The van der Waals surface area contributed by atoms with Gasteiger partial charge in [-0.05, 0) is 51.8 Å². The number of anilines is 1. The van der Waals surface area contributed by atoms with Crippen molar-refractivity contribution in [2.24, 2.45) is 5.92 Å². The van der Waals surface area contributed by atoms with Gasteiger partial charge in [0.05, 0.1) is 5.92 Å². The highest BCUT2D eigenvalue weighted by Gasteiger charge is 2.32. The highest BCUT2D eigenvalue weighted by Crippen LogP contribution is 2.25. The van der Waals surface area contributed by atoms with E-state index in [9.17, 15) is 9.90 Å². The quantitative estimate of drug-likeness (QED) is 0.906. The summed E-state index contributed by atoms with van der Waals surface area (Å²) in [6.07, 6.45) is 3.64. The third-order valence-electron chi connectivity index (χ3n) is 4.77. The molecule has 5 nitrogen and oxygen atoms in total.